The zero-order valence-electron chi connectivity index (χ0n) is 31.2. The third-order valence-electron chi connectivity index (χ3n) is 11.5. The van der Waals surface area contributed by atoms with Crippen molar-refractivity contribution in [2.75, 3.05) is 4.90 Å². The van der Waals surface area contributed by atoms with E-state index in [-0.39, 0.29) is 0 Å². The number of thiophene rings is 1. The van der Waals surface area contributed by atoms with Crippen LogP contribution in [0.3, 0.4) is 0 Å². The molecule has 3 nitrogen and oxygen atoms in total. The molecular weight excluding hydrogens is 727 g/mol. The van der Waals surface area contributed by atoms with Gasteiger partial charge >= 0.3 is 0 Å². The van der Waals surface area contributed by atoms with Gasteiger partial charge in [0.2, 0.25) is 0 Å². The van der Waals surface area contributed by atoms with Gasteiger partial charge < -0.3 is 13.7 Å². The van der Waals surface area contributed by atoms with Gasteiger partial charge in [-0.3, -0.25) is 0 Å². The number of nitrogens with zero attached hydrogens (tertiary/aromatic N) is 1. The highest BCUT2D eigenvalue weighted by Crippen LogP contribution is 2.51. The largest absolute Gasteiger partial charge is 0.456 e. The van der Waals surface area contributed by atoms with Gasteiger partial charge in [-0.2, -0.15) is 0 Å². The molecule has 3 heterocycles. The van der Waals surface area contributed by atoms with Crippen molar-refractivity contribution in [3.05, 3.63) is 200 Å². The molecule has 0 aliphatic carbocycles. The quantitative estimate of drug-likeness (QED) is 0.169. The Balaban J connectivity index is 1.14. The van der Waals surface area contributed by atoms with Gasteiger partial charge in [0.15, 0.2) is 5.58 Å². The predicted octanol–water partition coefficient (Wildman–Crippen LogP) is 16.3. The summed E-state index contributed by atoms with van der Waals surface area (Å²) in [5.74, 6) is 0. The highest BCUT2D eigenvalue weighted by Gasteiger charge is 2.25. The summed E-state index contributed by atoms with van der Waals surface area (Å²) in [4.78, 5) is 2.40. The Labute approximate surface area is 338 Å². The molecule has 0 bridgehead atoms. The average Bonchev–Trinajstić information content (AvgIpc) is 3.99. The Morgan fingerprint density at radius 3 is 1.78 bits per heavy atom. The van der Waals surface area contributed by atoms with Crippen LogP contribution in [0, 0.1) is 0 Å². The van der Waals surface area contributed by atoms with Gasteiger partial charge in [-0.1, -0.05) is 146 Å². The number of rotatable bonds is 6. The maximum atomic E-state index is 6.79. The second-order valence-corrected chi connectivity index (χ2v) is 15.9. The zero-order valence-corrected chi connectivity index (χ0v) is 32.0. The minimum Gasteiger partial charge on any atom is -0.456 e. The van der Waals surface area contributed by atoms with Gasteiger partial charge in [0.1, 0.15) is 16.7 Å². The average molecular weight is 760 g/mol. The summed E-state index contributed by atoms with van der Waals surface area (Å²) in [6.45, 7) is 0. The van der Waals surface area contributed by atoms with Crippen LogP contribution >= 0.6 is 11.3 Å². The smallest absolute Gasteiger partial charge is 0.159 e. The number of benzene rings is 9. The third kappa shape index (κ3) is 5.19. The molecule has 0 aliphatic heterocycles. The Bertz CT molecular complexity index is 3510. The molecule has 0 aliphatic rings. The Morgan fingerprint density at radius 1 is 0.362 bits per heavy atom. The number of fused-ring (bicyclic) bond motifs is 9. The molecule has 0 amide bonds. The molecule has 0 fully saturated rings. The van der Waals surface area contributed by atoms with Crippen molar-refractivity contribution in [1.29, 1.82) is 0 Å². The summed E-state index contributed by atoms with van der Waals surface area (Å²) in [5.41, 5.74) is 13.6. The summed E-state index contributed by atoms with van der Waals surface area (Å²) >= 11 is 1.86. The molecule has 3 aromatic heterocycles. The molecule has 0 atom stereocenters. The Kier molecular flexibility index (Phi) is 7.40. The normalized spacial score (nSPS) is 11.8. The molecule has 0 saturated heterocycles. The van der Waals surface area contributed by atoms with Gasteiger partial charge in [0, 0.05) is 47.4 Å². The lowest BCUT2D eigenvalue weighted by atomic mass is 9.98. The zero-order chi connectivity index (χ0) is 38.2. The van der Waals surface area contributed by atoms with E-state index in [0.717, 1.165) is 72.1 Å². The SMILES string of the molecule is c1ccc(-c2ccc3c(c2)oc2ccc(N(c4cccc5c4oc4ccccc45)c4ccc(-c5ccccc5)c5sc6cc(-c7ccccc7)ccc6c45)cc23)cc1. The summed E-state index contributed by atoms with van der Waals surface area (Å²) in [5, 5.41) is 6.76. The van der Waals surface area contributed by atoms with E-state index in [2.05, 4.69) is 193 Å². The van der Waals surface area contributed by atoms with E-state index in [4.69, 9.17) is 8.83 Å². The first-order chi connectivity index (χ1) is 28.7. The van der Waals surface area contributed by atoms with Crippen LogP contribution < -0.4 is 4.90 Å². The number of para-hydroxylation sites is 2. The highest BCUT2D eigenvalue weighted by molar-refractivity contribution is 7.26. The first kappa shape index (κ1) is 32.8. The lowest BCUT2D eigenvalue weighted by Gasteiger charge is -2.27. The van der Waals surface area contributed by atoms with Crippen molar-refractivity contribution < 1.29 is 8.83 Å². The molecule has 12 aromatic rings. The maximum absolute atomic E-state index is 6.79. The summed E-state index contributed by atoms with van der Waals surface area (Å²) in [7, 11) is 0. The summed E-state index contributed by atoms with van der Waals surface area (Å²) < 4.78 is 15.8. The highest BCUT2D eigenvalue weighted by atomic mass is 32.1. The first-order valence-electron chi connectivity index (χ1n) is 19.6. The van der Waals surface area contributed by atoms with Crippen LogP contribution in [0.1, 0.15) is 0 Å². The number of anilines is 3. The van der Waals surface area contributed by atoms with Crippen LogP contribution in [0.15, 0.2) is 209 Å². The van der Waals surface area contributed by atoms with Crippen LogP contribution in [0.5, 0.6) is 0 Å². The molecule has 0 saturated carbocycles. The van der Waals surface area contributed by atoms with E-state index in [1.54, 1.807) is 0 Å². The lowest BCUT2D eigenvalue weighted by Crippen LogP contribution is -2.10. The fraction of sp³-hybridized carbons (Fsp3) is 0. The van der Waals surface area contributed by atoms with Crippen molar-refractivity contribution in [3.8, 4) is 33.4 Å². The molecule has 0 spiro atoms. The monoisotopic (exact) mass is 759 g/mol. The second kappa shape index (κ2) is 13.1. The molecule has 9 aromatic carbocycles. The molecule has 12 rings (SSSR count). The summed E-state index contributed by atoms with van der Waals surface area (Å²) in [6.07, 6.45) is 0. The van der Waals surface area contributed by atoms with Gasteiger partial charge in [0.25, 0.3) is 0 Å². The van der Waals surface area contributed by atoms with Gasteiger partial charge in [-0.25, -0.2) is 0 Å². The van der Waals surface area contributed by atoms with Crippen molar-refractivity contribution in [1.82, 2.24) is 0 Å². The van der Waals surface area contributed by atoms with Crippen molar-refractivity contribution in [2.24, 2.45) is 0 Å². The molecular formula is C54H33NO2S. The standard InChI is InChI=1S/C54H33NO2S/c1-4-13-34(14-5-1)37-23-26-42-45-33-39(25-30-49(45)56-50(42)31-37)55(47-21-12-20-43-41-19-10-11-22-48(41)57-53(43)47)46-29-28-40(36-17-8-3-9-18-36)54-52(46)44-27-24-38(32-51(44)58-54)35-15-6-2-7-16-35/h1-33H. The van der Waals surface area contributed by atoms with Crippen LogP contribution in [0.4, 0.5) is 17.1 Å². The first-order valence-corrected chi connectivity index (χ1v) is 20.4. The number of hydrogen-bond acceptors (Lipinski definition) is 4. The Hall–Kier alpha value is -7.40. The van der Waals surface area contributed by atoms with Crippen LogP contribution in [0.25, 0.3) is 97.4 Å². The van der Waals surface area contributed by atoms with Gasteiger partial charge in [0.05, 0.1) is 11.4 Å². The van der Waals surface area contributed by atoms with Crippen molar-refractivity contribution in [3.63, 3.8) is 0 Å². The Morgan fingerprint density at radius 2 is 1.00 bits per heavy atom. The molecule has 58 heavy (non-hydrogen) atoms. The fourth-order valence-electron chi connectivity index (χ4n) is 8.73. The van der Waals surface area contributed by atoms with Crippen LogP contribution in [0.2, 0.25) is 0 Å². The topological polar surface area (TPSA) is 29.5 Å². The van der Waals surface area contributed by atoms with Crippen molar-refractivity contribution in [2.45, 2.75) is 0 Å². The molecule has 0 N–H and O–H groups in total. The minimum absolute atomic E-state index is 0.847. The summed E-state index contributed by atoms with van der Waals surface area (Å²) in [6, 6.07) is 71.3. The molecule has 272 valence electrons. The second-order valence-electron chi connectivity index (χ2n) is 14.8. The third-order valence-corrected chi connectivity index (χ3v) is 12.7. The van der Waals surface area contributed by atoms with E-state index in [0.29, 0.717) is 0 Å². The fourth-order valence-corrected chi connectivity index (χ4v) is 10.0. The lowest BCUT2D eigenvalue weighted by molar-refractivity contribution is 0.669. The van der Waals surface area contributed by atoms with E-state index < -0.39 is 0 Å². The van der Waals surface area contributed by atoms with Crippen LogP contribution in [-0.4, -0.2) is 0 Å². The number of furan rings is 2. The van der Waals surface area contributed by atoms with Crippen LogP contribution in [-0.2, 0) is 0 Å². The van der Waals surface area contributed by atoms with Gasteiger partial charge in [-0.05, 0) is 88.0 Å². The minimum atomic E-state index is 0.847. The van der Waals surface area contributed by atoms with E-state index >= 15 is 0 Å². The predicted molar refractivity (Wildman–Crippen MR) is 245 cm³/mol. The van der Waals surface area contributed by atoms with Gasteiger partial charge in [-0.15, -0.1) is 11.3 Å². The maximum Gasteiger partial charge on any atom is 0.159 e. The molecule has 0 radical (unpaired) electrons. The van der Waals surface area contributed by atoms with E-state index in [9.17, 15) is 0 Å². The van der Waals surface area contributed by atoms with Crippen molar-refractivity contribution >= 4 is 92.4 Å². The number of hydrogen-bond donors (Lipinski definition) is 0. The molecule has 0 unspecified atom stereocenters. The van der Waals surface area contributed by atoms with E-state index in [1.165, 1.54) is 42.4 Å². The molecule has 4 heteroatoms. The van der Waals surface area contributed by atoms with E-state index in [1.807, 2.05) is 23.5 Å².